The maximum Gasteiger partial charge on any atom is 0.0982 e. The molecule has 0 aromatic carbocycles. The molecule has 60 valence electrons. The van der Waals surface area contributed by atoms with Gasteiger partial charge in [-0.25, -0.2) is 4.39 Å². The van der Waals surface area contributed by atoms with Gasteiger partial charge in [-0.15, -0.1) is 11.6 Å². The summed E-state index contributed by atoms with van der Waals surface area (Å²) in [7, 11) is 0. The average Bonchev–Trinajstić information content (AvgIpc) is 1.89. The van der Waals surface area contributed by atoms with Crippen molar-refractivity contribution in [3.63, 3.8) is 0 Å². The van der Waals surface area contributed by atoms with Crippen molar-refractivity contribution in [1.82, 2.24) is 0 Å². The molecular weight excluding hydrogens is 155 g/mol. The first kappa shape index (κ1) is 9.92. The highest BCUT2D eigenvalue weighted by Crippen LogP contribution is 2.08. The molecule has 0 unspecified atom stereocenters. The van der Waals surface area contributed by atoms with Crippen molar-refractivity contribution in [3.8, 4) is 0 Å². The summed E-state index contributed by atoms with van der Waals surface area (Å²) in [4.78, 5) is 0. The van der Waals surface area contributed by atoms with Gasteiger partial charge in [0, 0.05) is 5.88 Å². The van der Waals surface area contributed by atoms with Crippen molar-refractivity contribution in [2.45, 2.75) is 19.3 Å². The van der Waals surface area contributed by atoms with Crippen LogP contribution in [0.5, 0.6) is 0 Å². The lowest BCUT2D eigenvalue weighted by Gasteiger charge is -1.93. The molecule has 0 aliphatic carbocycles. The van der Waals surface area contributed by atoms with Gasteiger partial charge in [-0.3, -0.25) is 0 Å². The third-order valence-corrected chi connectivity index (χ3v) is 1.38. The molecule has 0 aromatic rings. The molecule has 0 saturated carbocycles. The molecule has 0 aliphatic heterocycles. The van der Waals surface area contributed by atoms with Crippen LogP contribution in [0.3, 0.4) is 0 Å². The molecule has 0 bridgehead atoms. The summed E-state index contributed by atoms with van der Waals surface area (Å²) >= 11 is 5.37. The monoisotopic (exact) mass is 166 g/mol. The summed E-state index contributed by atoms with van der Waals surface area (Å²) in [6.07, 6.45) is 3.15. The number of rotatable bonds is 5. The van der Waals surface area contributed by atoms with Crippen LogP contribution in [0.4, 0.5) is 4.39 Å². The van der Waals surface area contributed by atoms with Crippen molar-refractivity contribution in [2.24, 2.45) is 0 Å². The summed E-state index contributed by atoms with van der Waals surface area (Å²) in [6.45, 7) is -0.216. The van der Waals surface area contributed by atoms with Crippen LogP contribution < -0.4 is 0 Å². The first-order valence-electron chi connectivity index (χ1n) is 3.32. The van der Waals surface area contributed by atoms with Crippen molar-refractivity contribution >= 4 is 11.6 Å². The highest BCUT2D eigenvalue weighted by Gasteiger charge is 1.92. The molecular formula is C7H12ClFO. The molecule has 0 radical (unpaired) electrons. The third-order valence-electron chi connectivity index (χ3n) is 1.11. The zero-order valence-corrected chi connectivity index (χ0v) is 6.57. The van der Waals surface area contributed by atoms with Crippen LogP contribution in [0.15, 0.2) is 11.9 Å². The highest BCUT2D eigenvalue weighted by atomic mass is 35.5. The summed E-state index contributed by atoms with van der Waals surface area (Å²) in [5.74, 6) is 0.333. The number of allylic oxidation sites excluding steroid dienone is 1. The summed E-state index contributed by atoms with van der Waals surface area (Å²) < 4.78 is 12.4. The van der Waals surface area contributed by atoms with E-state index in [1.54, 1.807) is 0 Å². The molecule has 1 nitrogen and oxygen atoms in total. The van der Waals surface area contributed by atoms with Crippen LogP contribution in [-0.4, -0.2) is 17.6 Å². The fourth-order valence-electron chi connectivity index (χ4n) is 0.589. The Morgan fingerprint density at radius 2 is 2.20 bits per heavy atom. The van der Waals surface area contributed by atoms with E-state index in [4.69, 9.17) is 16.7 Å². The van der Waals surface area contributed by atoms with E-state index in [1.807, 2.05) is 0 Å². The van der Waals surface area contributed by atoms with Crippen LogP contribution in [0.2, 0.25) is 0 Å². The minimum Gasteiger partial charge on any atom is -0.392 e. The normalized spacial score (nSPS) is 12.1. The molecule has 0 rings (SSSR count). The zero-order chi connectivity index (χ0) is 7.82. The summed E-state index contributed by atoms with van der Waals surface area (Å²) in [5, 5.41) is 8.25. The molecule has 0 spiro atoms. The fraction of sp³-hybridized carbons (Fsp3) is 0.714. The number of alkyl halides is 1. The van der Waals surface area contributed by atoms with Gasteiger partial charge in [-0.1, -0.05) is 0 Å². The minimum absolute atomic E-state index is 0.216. The molecule has 0 aromatic heterocycles. The lowest BCUT2D eigenvalue weighted by atomic mass is 10.2. The predicted octanol–water partition coefficient (Wildman–Crippen LogP) is 2.24. The fourth-order valence-corrected chi connectivity index (χ4v) is 0.778. The second kappa shape index (κ2) is 7.03. The van der Waals surface area contributed by atoms with Crippen LogP contribution >= 0.6 is 11.6 Å². The van der Waals surface area contributed by atoms with Crippen molar-refractivity contribution < 1.29 is 9.50 Å². The van der Waals surface area contributed by atoms with Gasteiger partial charge in [-0.2, -0.15) is 0 Å². The Bertz CT molecular complexity index is 104. The van der Waals surface area contributed by atoms with Gasteiger partial charge in [0.05, 0.1) is 12.4 Å². The van der Waals surface area contributed by atoms with E-state index in [9.17, 15) is 4.39 Å². The molecule has 0 saturated heterocycles. The molecule has 0 heterocycles. The third kappa shape index (κ3) is 6.05. The summed E-state index contributed by atoms with van der Waals surface area (Å²) in [5.41, 5.74) is 0. The topological polar surface area (TPSA) is 20.2 Å². The maximum atomic E-state index is 12.4. The van der Waals surface area contributed by atoms with E-state index in [2.05, 4.69) is 0 Å². The first-order chi connectivity index (χ1) is 4.81. The molecule has 3 heteroatoms. The van der Waals surface area contributed by atoms with E-state index >= 15 is 0 Å². The summed E-state index contributed by atoms with van der Waals surface area (Å²) in [6, 6.07) is 0. The van der Waals surface area contributed by atoms with Gasteiger partial charge < -0.3 is 5.11 Å². The molecule has 10 heavy (non-hydrogen) atoms. The lowest BCUT2D eigenvalue weighted by Crippen LogP contribution is -1.81. The van der Waals surface area contributed by atoms with Gasteiger partial charge in [0.2, 0.25) is 0 Å². The first-order valence-corrected chi connectivity index (χ1v) is 3.86. The van der Waals surface area contributed by atoms with Gasteiger partial charge in [0.1, 0.15) is 0 Å². The molecule has 0 fully saturated rings. The Kier molecular flexibility index (Phi) is 6.98. The molecule has 1 N–H and O–H groups in total. The second-order valence-corrected chi connectivity index (χ2v) is 2.36. The lowest BCUT2D eigenvalue weighted by molar-refractivity contribution is 0.337. The number of aliphatic hydroxyl groups excluding tert-OH is 1. The Labute approximate surface area is 65.5 Å². The Balaban J connectivity index is 3.21. The van der Waals surface area contributed by atoms with Gasteiger partial charge in [0.15, 0.2) is 0 Å². The maximum absolute atomic E-state index is 12.4. The number of unbranched alkanes of at least 4 members (excludes halogenated alkanes) is 1. The van der Waals surface area contributed by atoms with Gasteiger partial charge in [-0.05, 0) is 25.3 Å². The number of halogens is 2. The predicted molar refractivity (Wildman–Crippen MR) is 40.8 cm³/mol. The molecule has 0 atom stereocenters. The number of aliphatic hydroxyl groups is 1. The second-order valence-electron chi connectivity index (χ2n) is 1.98. The standard InChI is InChI=1S/C7H12ClFO/c8-5-2-1-3-7(9)4-6-10/h4,10H,1-3,5-6H2/b7-4-. The smallest absolute Gasteiger partial charge is 0.0982 e. The van der Waals surface area contributed by atoms with Crippen molar-refractivity contribution in [1.29, 1.82) is 0 Å². The average molecular weight is 167 g/mol. The van der Waals surface area contributed by atoms with Crippen LogP contribution in [-0.2, 0) is 0 Å². The number of hydrogen-bond donors (Lipinski definition) is 1. The van der Waals surface area contributed by atoms with Crippen molar-refractivity contribution in [2.75, 3.05) is 12.5 Å². The minimum atomic E-state index is -0.243. The Morgan fingerprint density at radius 3 is 2.70 bits per heavy atom. The van der Waals surface area contributed by atoms with Crippen LogP contribution in [0.1, 0.15) is 19.3 Å². The highest BCUT2D eigenvalue weighted by molar-refractivity contribution is 6.17. The van der Waals surface area contributed by atoms with E-state index in [1.165, 1.54) is 6.08 Å². The van der Waals surface area contributed by atoms with Gasteiger partial charge >= 0.3 is 0 Å². The molecule has 0 amide bonds. The van der Waals surface area contributed by atoms with Gasteiger partial charge in [0.25, 0.3) is 0 Å². The molecule has 0 aliphatic rings. The zero-order valence-electron chi connectivity index (χ0n) is 5.82. The van der Waals surface area contributed by atoms with Crippen LogP contribution in [0, 0.1) is 0 Å². The van der Waals surface area contributed by atoms with Crippen molar-refractivity contribution in [3.05, 3.63) is 11.9 Å². The van der Waals surface area contributed by atoms with E-state index in [0.29, 0.717) is 12.3 Å². The SMILES string of the molecule is OC/C=C(\F)CCCCCl. The Hall–Kier alpha value is -0.0800. The van der Waals surface area contributed by atoms with E-state index < -0.39 is 0 Å². The van der Waals surface area contributed by atoms with E-state index in [0.717, 1.165) is 12.8 Å². The van der Waals surface area contributed by atoms with E-state index in [-0.39, 0.29) is 12.4 Å². The number of hydrogen-bond acceptors (Lipinski definition) is 1. The quantitative estimate of drug-likeness (QED) is 0.491. The van der Waals surface area contributed by atoms with Crippen LogP contribution in [0.25, 0.3) is 0 Å². The largest absolute Gasteiger partial charge is 0.392 e. The Morgan fingerprint density at radius 1 is 1.50 bits per heavy atom.